The Morgan fingerprint density at radius 2 is 2.36 bits per heavy atom. The second-order valence-electron chi connectivity index (χ2n) is 3.65. The monoisotopic (exact) mass is 190 g/mol. The number of nitrogens with one attached hydrogen (secondary N) is 2. The quantitative estimate of drug-likeness (QED) is 0.738. The van der Waals surface area contributed by atoms with Gasteiger partial charge in [-0.2, -0.15) is 0 Å². The molecule has 2 rings (SSSR count). The molecule has 1 amide bonds. The summed E-state index contributed by atoms with van der Waals surface area (Å²) in [6.07, 6.45) is 0.868. The van der Waals surface area contributed by atoms with Crippen LogP contribution in [0.4, 0.5) is 5.69 Å². The van der Waals surface area contributed by atoms with Gasteiger partial charge in [0.2, 0.25) is 5.91 Å². The molecule has 1 atom stereocenters. The summed E-state index contributed by atoms with van der Waals surface area (Å²) in [5.74, 6) is 0.103. The van der Waals surface area contributed by atoms with Crippen LogP contribution in [0, 0.1) is 6.92 Å². The number of hydrogen-bond acceptors (Lipinski definition) is 2. The van der Waals surface area contributed by atoms with Gasteiger partial charge in [-0.05, 0) is 31.0 Å². The summed E-state index contributed by atoms with van der Waals surface area (Å²) in [5, 5.41) is 6.02. The zero-order valence-corrected chi connectivity index (χ0v) is 8.21. The molecule has 1 fully saturated rings. The number of anilines is 1. The highest BCUT2D eigenvalue weighted by molar-refractivity contribution is 5.86. The molecular weight excluding hydrogens is 176 g/mol. The predicted molar refractivity (Wildman–Crippen MR) is 56.2 cm³/mol. The highest BCUT2D eigenvalue weighted by atomic mass is 16.2. The fourth-order valence-electron chi connectivity index (χ4n) is 1.67. The number of hydrogen-bond donors (Lipinski definition) is 2. The molecule has 3 nitrogen and oxygen atoms in total. The topological polar surface area (TPSA) is 41.1 Å². The molecule has 0 spiro atoms. The Bertz CT molecular complexity index is 349. The maximum atomic E-state index is 11.3. The lowest BCUT2D eigenvalue weighted by atomic mass is 10.2. The first-order valence-corrected chi connectivity index (χ1v) is 4.86. The van der Waals surface area contributed by atoms with Crippen molar-refractivity contribution in [2.24, 2.45) is 0 Å². The fourth-order valence-corrected chi connectivity index (χ4v) is 1.67. The van der Waals surface area contributed by atoms with Gasteiger partial charge in [-0.3, -0.25) is 4.79 Å². The summed E-state index contributed by atoms with van der Waals surface area (Å²) in [6, 6.07) is 8.01. The summed E-state index contributed by atoms with van der Waals surface area (Å²) in [4.78, 5) is 11.3. The number of rotatable bonds is 2. The van der Waals surface area contributed by atoms with Crippen molar-refractivity contribution in [3.63, 3.8) is 0 Å². The summed E-state index contributed by atoms with van der Waals surface area (Å²) in [6.45, 7) is 2.82. The molecule has 74 valence electrons. The number of amides is 1. The standard InChI is InChI=1S/C11H14N2O/c1-8-3-2-4-9(7-8)13-10-5-6-12-11(10)14/h2-4,7,10,13H,5-6H2,1H3,(H,12,14). The summed E-state index contributed by atoms with van der Waals surface area (Å²) in [5.41, 5.74) is 2.22. The molecule has 0 saturated carbocycles. The minimum Gasteiger partial charge on any atom is -0.374 e. The van der Waals surface area contributed by atoms with E-state index in [9.17, 15) is 4.79 Å². The molecule has 1 heterocycles. The minimum absolute atomic E-state index is 0.0585. The van der Waals surface area contributed by atoms with Crippen molar-refractivity contribution in [3.05, 3.63) is 29.8 Å². The SMILES string of the molecule is Cc1cccc(NC2CCNC2=O)c1. The molecule has 1 aliphatic heterocycles. The van der Waals surface area contributed by atoms with E-state index in [1.165, 1.54) is 5.56 Å². The van der Waals surface area contributed by atoms with Crippen molar-refractivity contribution in [2.75, 3.05) is 11.9 Å². The molecule has 0 radical (unpaired) electrons. The third-order valence-corrected chi connectivity index (χ3v) is 2.41. The first-order chi connectivity index (χ1) is 6.75. The number of aryl methyl sites for hydroxylation is 1. The maximum Gasteiger partial charge on any atom is 0.242 e. The zero-order valence-electron chi connectivity index (χ0n) is 8.21. The third kappa shape index (κ3) is 1.87. The Morgan fingerprint density at radius 1 is 1.50 bits per heavy atom. The first kappa shape index (κ1) is 9.06. The number of carbonyl (C=O) groups is 1. The molecule has 3 heteroatoms. The van der Waals surface area contributed by atoms with Gasteiger partial charge in [0.25, 0.3) is 0 Å². The van der Waals surface area contributed by atoms with E-state index in [-0.39, 0.29) is 11.9 Å². The van der Waals surface area contributed by atoms with Crippen molar-refractivity contribution in [1.82, 2.24) is 5.32 Å². The van der Waals surface area contributed by atoms with Crippen molar-refractivity contribution >= 4 is 11.6 Å². The Labute approximate surface area is 83.5 Å². The van der Waals surface area contributed by atoms with Crippen LogP contribution in [0.5, 0.6) is 0 Å². The highest BCUT2D eigenvalue weighted by Crippen LogP contribution is 2.13. The average molecular weight is 190 g/mol. The zero-order chi connectivity index (χ0) is 9.97. The fraction of sp³-hybridized carbons (Fsp3) is 0.364. The Morgan fingerprint density at radius 3 is 3.00 bits per heavy atom. The lowest BCUT2D eigenvalue weighted by Crippen LogP contribution is -2.29. The molecule has 1 saturated heterocycles. The van der Waals surface area contributed by atoms with Crippen molar-refractivity contribution in [2.45, 2.75) is 19.4 Å². The molecule has 0 bridgehead atoms. The minimum atomic E-state index is -0.0585. The third-order valence-electron chi connectivity index (χ3n) is 2.41. The van der Waals surface area contributed by atoms with Crippen LogP contribution in [0.1, 0.15) is 12.0 Å². The Kier molecular flexibility index (Phi) is 2.39. The van der Waals surface area contributed by atoms with Gasteiger partial charge in [0.15, 0.2) is 0 Å². The molecule has 0 aromatic heterocycles. The maximum absolute atomic E-state index is 11.3. The molecule has 14 heavy (non-hydrogen) atoms. The molecule has 1 aromatic carbocycles. The van der Waals surface area contributed by atoms with Crippen LogP contribution in [0.2, 0.25) is 0 Å². The summed E-state index contributed by atoms with van der Waals surface area (Å²) >= 11 is 0. The molecule has 1 aliphatic rings. The van der Waals surface area contributed by atoms with Gasteiger partial charge in [0.05, 0.1) is 0 Å². The smallest absolute Gasteiger partial charge is 0.242 e. The van der Waals surface area contributed by atoms with Crippen LogP contribution < -0.4 is 10.6 Å². The van der Waals surface area contributed by atoms with Crippen LogP contribution in [0.15, 0.2) is 24.3 Å². The predicted octanol–water partition coefficient (Wildman–Crippen LogP) is 1.30. The second kappa shape index (κ2) is 3.70. The van der Waals surface area contributed by atoms with E-state index in [0.29, 0.717) is 0 Å². The summed E-state index contributed by atoms with van der Waals surface area (Å²) in [7, 11) is 0. The molecule has 1 aromatic rings. The van der Waals surface area contributed by atoms with Gasteiger partial charge in [0, 0.05) is 12.2 Å². The van der Waals surface area contributed by atoms with Crippen LogP contribution in [-0.2, 0) is 4.79 Å². The van der Waals surface area contributed by atoms with Crippen molar-refractivity contribution in [1.29, 1.82) is 0 Å². The van der Waals surface area contributed by atoms with E-state index in [1.807, 2.05) is 31.2 Å². The molecule has 2 N–H and O–H groups in total. The normalized spacial score (nSPS) is 20.6. The van der Waals surface area contributed by atoms with Crippen molar-refractivity contribution < 1.29 is 4.79 Å². The first-order valence-electron chi connectivity index (χ1n) is 4.86. The second-order valence-corrected chi connectivity index (χ2v) is 3.65. The number of carbonyl (C=O) groups excluding carboxylic acids is 1. The van der Waals surface area contributed by atoms with Crippen LogP contribution in [-0.4, -0.2) is 18.5 Å². The van der Waals surface area contributed by atoms with E-state index in [4.69, 9.17) is 0 Å². The van der Waals surface area contributed by atoms with Gasteiger partial charge in [-0.25, -0.2) is 0 Å². The van der Waals surface area contributed by atoms with E-state index < -0.39 is 0 Å². The van der Waals surface area contributed by atoms with Crippen LogP contribution in [0.3, 0.4) is 0 Å². The summed E-state index contributed by atoms with van der Waals surface area (Å²) < 4.78 is 0. The van der Waals surface area contributed by atoms with Crippen LogP contribution >= 0.6 is 0 Å². The van der Waals surface area contributed by atoms with Gasteiger partial charge < -0.3 is 10.6 Å². The molecule has 0 aliphatic carbocycles. The van der Waals surface area contributed by atoms with E-state index in [0.717, 1.165) is 18.7 Å². The van der Waals surface area contributed by atoms with Gasteiger partial charge in [-0.15, -0.1) is 0 Å². The van der Waals surface area contributed by atoms with Gasteiger partial charge in [-0.1, -0.05) is 12.1 Å². The largest absolute Gasteiger partial charge is 0.374 e. The highest BCUT2D eigenvalue weighted by Gasteiger charge is 2.23. The average Bonchev–Trinajstić information content (AvgIpc) is 2.52. The van der Waals surface area contributed by atoms with E-state index in [2.05, 4.69) is 10.6 Å². The van der Waals surface area contributed by atoms with Gasteiger partial charge in [0.1, 0.15) is 6.04 Å². The van der Waals surface area contributed by atoms with E-state index in [1.54, 1.807) is 0 Å². The number of benzene rings is 1. The van der Waals surface area contributed by atoms with E-state index >= 15 is 0 Å². The van der Waals surface area contributed by atoms with Crippen LogP contribution in [0.25, 0.3) is 0 Å². The lowest BCUT2D eigenvalue weighted by molar-refractivity contribution is -0.119. The lowest BCUT2D eigenvalue weighted by Gasteiger charge is -2.11. The molecular formula is C11H14N2O. The Hall–Kier alpha value is -1.51. The van der Waals surface area contributed by atoms with Gasteiger partial charge >= 0.3 is 0 Å². The Balaban J connectivity index is 2.07. The van der Waals surface area contributed by atoms with Crippen molar-refractivity contribution in [3.8, 4) is 0 Å². The molecule has 1 unspecified atom stereocenters.